The molecule has 1 N–H and O–H groups in total. The van der Waals surface area contributed by atoms with Crippen molar-refractivity contribution in [3.8, 4) is 5.75 Å². The van der Waals surface area contributed by atoms with E-state index in [1.165, 1.54) is 24.8 Å². The maximum absolute atomic E-state index is 11.6. The summed E-state index contributed by atoms with van der Waals surface area (Å²) >= 11 is 0. The van der Waals surface area contributed by atoms with Crippen LogP contribution in [0.25, 0.3) is 0 Å². The first-order valence-electron chi connectivity index (χ1n) is 12.2. The van der Waals surface area contributed by atoms with E-state index >= 15 is 0 Å². The maximum Gasteiger partial charge on any atom is 0.407 e. The molecular weight excluding hydrogens is 390 g/mol. The van der Waals surface area contributed by atoms with Crippen LogP contribution in [0.2, 0.25) is 0 Å². The molecule has 0 aliphatic heterocycles. The fraction of sp³-hybridized carbons (Fsp3) is 0.731. The van der Waals surface area contributed by atoms with Gasteiger partial charge in [-0.2, -0.15) is 0 Å². The zero-order valence-electron chi connectivity index (χ0n) is 21.0. The molecule has 0 saturated heterocycles. The van der Waals surface area contributed by atoms with Crippen LogP contribution in [0.3, 0.4) is 0 Å². The quantitative estimate of drug-likeness (QED) is 0.231. The average Bonchev–Trinajstić information content (AvgIpc) is 2.77. The number of benzene rings is 1. The van der Waals surface area contributed by atoms with Crippen LogP contribution in [0.4, 0.5) is 4.79 Å². The van der Waals surface area contributed by atoms with Crippen molar-refractivity contribution in [3.63, 3.8) is 0 Å². The summed E-state index contributed by atoms with van der Waals surface area (Å²) < 4.78 is 16.5. The predicted octanol–water partition coefficient (Wildman–Crippen LogP) is 7.30. The highest BCUT2D eigenvalue weighted by atomic mass is 16.7. The number of rotatable bonds is 15. The lowest BCUT2D eigenvalue weighted by atomic mass is 9.88. The first-order valence-corrected chi connectivity index (χ1v) is 12.2. The molecule has 5 nitrogen and oxygen atoms in total. The van der Waals surface area contributed by atoms with E-state index in [0.717, 1.165) is 25.0 Å². The molecule has 0 heterocycles. The number of carbonyl (C=O) groups excluding carboxylic acids is 1. The van der Waals surface area contributed by atoms with E-state index in [1.54, 1.807) is 0 Å². The van der Waals surface area contributed by atoms with Crippen LogP contribution in [-0.2, 0) is 9.47 Å². The number of ether oxygens (including phenoxy) is 3. The molecule has 0 radical (unpaired) electrons. The average molecular weight is 438 g/mol. The Kier molecular flexibility index (Phi) is 17.9. The molecule has 0 aliphatic rings. The standard InChI is InChI=1S/C24H41NO4.C2H6/c1-6-8-9-10-15-25-24(26)28-17-16-27-20(5)29-23-13-11-22(12-14-23)21(7-2)18-19(3)4;1-2/h11-14,19-21H,6-10,15-18H2,1-5H3,(H,25,26);1-2H3. The molecule has 0 saturated carbocycles. The lowest BCUT2D eigenvalue weighted by Gasteiger charge is -2.19. The number of amides is 1. The summed E-state index contributed by atoms with van der Waals surface area (Å²) in [5, 5.41) is 2.75. The fourth-order valence-corrected chi connectivity index (χ4v) is 3.29. The molecule has 1 amide bonds. The van der Waals surface area contributed by atoms with Crippen molar-refractivity contribution in [3.05, 3.63) is 29.8 Å². The lowest BCUT2D eigenvalue weighted by molar-refractivity contribution is -0.0770. The molecular formula is C26H47NO4. The Balaban J connectivity index is 0.00000436. The molecule has 1 aromatic carbocycles. The number of hydrogen-bond acceptors (Lipinski definition) is 4. The predicted molar refractivity (Wildman–Crippen MR) is 130 cm³/mol. The van der Waals surface area contributed by atoms with Crippen LogP contribution < -0.4 is 10.1 Å². The maximum atomic E-state index is 11.6. The highest BCUT2D eigenvalue weighted by molar-refractivity contribution is 5.66. The highest BCUT2D eigenvalue weighted by Gasteiger charge is 2.12. The van der Waals surface area contributed by atoms with Crippen LogP contribution in [-0.4, -0.2) is 32.1 Å². The van der Waals surface area contributed by atoms with Gasteiger partial charge in [0.25, 0.3) is 0 Å². The number of nitrogens with one attached hydrogen (secondary N) is 1. The third-order valence-electron chi connectivity index (χ3n) is 4.87. The smallest absolute Gasteiger partial charge is 0.407 e. The van der Waals surface area contributed by atoms with E-state index in [4.69, 9.17) is 14.2 Å². The SMILES string of the molecule is CC.CCCCCCNC(=O)OCCOC(C)Oc1ccc(C(CC)CC(C)C)cc1. The minimum atomic E-state index is -0.404. The van der Waals surface area contributed by atoms with Gasteiger partial charge in [-0.05, 0) is 55.7 Å². The fourth-order valence-electron chi connectivity index (χ4n) is 3.29. The summed E-state index contributed by atoms with van der Waals surface area (Å²) in [5.74, 6) is 2.06. The van der Waals surface area contributed by atoms with E-state index in [-0.39, 0.29) is 12.7 Å². The summed E-state index contributed by atoms with van der Waals surface area (Å²) in [6.07, 6.45) is 6.05. The Morgan fingerprint density at radius 3 is 2.23 bits per heavy atom. The van der Waals surface area contributed by atoms with Crippen LogP contribution in [0.5, 0.6) is 5.75 Å². The van der Waals surface area contributed by atoms with Crippen LogP contribution in [0, 0.1) is 5.92 Å². The van der Waals surface area contributed by atoms with Crippen molar-refractivity contribution < 1.29 is 19.0 Å². The van der Waals surface area contributed by atoms with Gasteiger partial charge in [-0.25, -0.2) is 4.79 Å². The molecule has 2 atom stereocenters. The van der Waals surface area contributed by atoms with E-state index < -0.39 is 6.29 Å². The van der Waals surface area contributed by atoms with Gasteiger partial charge < -0.3 is 19.5 Å². The van der Waals surface area contributed by atoms with Gasteiger partial charge in [0.1, 0.15) is 12.4 Å². The molecule has 1 rings (SSSR count). The molecule has 0 aromatic heterocycles. The van der Waals surface area contributed by atoms with Gasteiger partial charge in [-0.15, -0.1) is 0 Å². The molecule has 0 aliphatic carbocycles. The highest BCUT2D eigenvalue weighted by Crippen LogP contribution is 2.28. The zero-order valence-corrected chi connectivity index (χ0v) is 21.0. The van der Waals surface area contributed by atoms with Crippen LogP contribution in [0.15, 0.2) is 24.3 Å². The Bertz CT molecular complexity index is 545. The molecule has 31 heavy (non-hydrogen) atoms. The first kappa shape index (κ1) is 29.2. The van der Waals surface area contributed by atoms with Gasteiger partial charge in [0.15, 0.2) is 6.29 Å². The Labute approximate surface area is 191 Å². The minimum absolute atomic E-state index is 0.209. The van der Waals surface area contributed by atoms with Gasteiger partial charge in [-0.3, -0.25) is 0 Å². The largest absolute Gasteiger partial charge is 0.465 e. The molecule has 0 fully saturated rings. The Hall–Kier alpha value is -1.75. The monoisotopic (exact) mass is 437 g/mol. The zero-order chi connectivity index (χ0) is 23.5. The molecule has 5 heteroatoms. The third-order valence-corrected chi connectivity index (χ3v) is 4.87. The van der Waals surface area contributed by atoms with Gasteiger partial charge >= 0.3 is 6.09 Å². The second-order valence-electron chi connectivity index (χ2n) is 7.98. The number of alkyl carbamates (subject to hydrolysis) is 1. The Morgan fingerprint density at radius 1 is 0.968 bits per heavy atom. The number of carbonyl (C=O) groups is 1. The molecule has 0 spiro atoms. The van der Waals surface area contributed by atoms with E-state index in [0.29, 0.717) is 25.0 Å². The summed E-state index contributed by atoms with van der Waals surface area (Å²) in [7, 11) is 0. The first-order chi connectivity index (χ1) is 15.0. The Morgan fingerprint density at radius 2 is 1.65 bits per heavy atom. The number of hydrogen-bond donors (Lipinski definition) is 1. The van der Waals surface area contributed by atoms with Crippen molar-refractivity contribution >= 4 is 6.09 Å². The van der Waals surface area contributed by atoms with E-state index in [2.05, 4.69) is 45.1 Å². The summed E-state index contributed by atoms with van der Waals surface area (Å²) in [4.78, 5) is 11.6. The second-order valence-corrected chi connectivity index (χ2v) is 7.98. The second kappa shape index (κ2) is 19.0. The summed E-state index contributed by atoms with van der Waals surface area (Å²) in [6.45, 7) is 15.9. The van der Waals surface area contributed by atoms with E-state index in [9.17, 15) is 4.79 Å². The molecule has 1 aromatic rings. The van der Waals surface area contributed by atoms with Crippen LogP contribution in [0.1, 0.15) is 98.5 Å². The van der Waals surface area contributed by atoms with Crippen LogP contribution >= 0.6 is 0 Å². The van der Waals surface area contributed by atoms with Crippen molar-refractivity contribution in [2.45, 2.75) is 99.2 Å². The van der Waals surface area contributed by atoms with Crippen molar-refractivity contribution in [1.29, 1.82) is 0 Å². The topological polar surface area (TPSA) is 56.8 Å². The summed E-state index contributed by atoms with van der Waals surface area (Å²) in [5.41, 5.74) is 1.36. The third kappa shape index (κ3) is 14.8. The molecule has 2 unspecified atom stereocenters. The molecule has 180 valence electrons. The summed E-state index contributed by atoms with van der Waals surface area (Å²) in [6, 6.07) is 8.29. The number of unbranched alkanes of at least 4 members (excludes halogenated alkanes) is 3. The minimum Gasteiger partial charge on any atom is -0.465 e. The van der Waals surface area contributed by atoms with Gasteiger partial charge in [0.2, 0.25) is 0 Å². The van der Waals surface area contributed by atoms with Crippen molar-refractivity contribution in [1.82, 2.24) is 5.32 Å². The normalized spacial score (nSPS) is 12.5. The van der Waals surface area contributed by atoms with Crippen molar-refractivity contribution in [2.24, 2.45) is 5.92 Å². The van der Waals surface area contributed by atoms with Gasteiger partial charge in [-0.1, -0.05) is 72.9 Å². The van der Waals surface area contributed by atoms with E-state index in [1.807, 2.05) is 32.9 Å². The van der Waals surface area contributed by atoms with Gasteiger partial charge in [0, 0.05) is 6.54 Å². The van der Waals surface area contributed by atoms with Crippen molar-refractivity contribution in [2.75, 3.05) is 19.8 Å². The van der Waals surface area contributed by atoms with Gasteiger partial charge in [0.05, 0.1) is 6.61 Å². The molecule has 0 bridgehead atoms. The lowest BCUT2D eigenvalue weighted by Crippen LogP contribution is -2.27.